The Morgan fingerprint density at radius 3 is 2.48 bits per heavy atom. The van der Waals surface area contributed by atoms with Crippen molar-refractivity contribution in [3.05, 3.63) is 63.6 Å². The summed E-state index contributed by atoms with van der Waals surface area (Å²) in [7, 11) is 0. The molecule has 1 aromatic heterocycles. The van der Waals surface area contributed by atoms with E-state index in [1.54, 1.807) is 0 Å². The average Bonchev–Trinajstić information content (AvgIpc) is 3.23. The summed E-state index contributed by atoms with van der Waals surface area (Å²) in [6.07, 6.45) is 0.208. The van der Waals surface area contributed by atoms with Crippen molar-refractivity contribution in [2.75, 3.05) is 42.9 Å². The van der Waals surface area contributed by atoms with E-state index in [4.69, 9.17) is 23.2 Å². The second-order valence-electron chi connectivity index (χ2n) is 7.46. The molecular weight excluding hydrogens is 451 g/mol. The monoisotopic (exact) mass is 474 g/mol. The fourth-order valence-electron chi connectivity index (χ4n) is 3.66. The molecule has 31 heavy (non-hydrogen) atoms. The molecule has 3 aromatic rings. The van der Waals surface area contributed by atoms with Gasteiger partial charge >= 0.3 is 0 Å². The lowest BCUT2D eigenvalue weighted by molar-refractivity contribution is -0.115. The summed E-state index contributed by atoms with van der Waals surface area (Å²) >= 11 is 13.7. The summed E-state index contributed by atoms with van der Waals surface area (Å²) in [5.74, 6) is -0.108. The number of halogens is 2. The van der Waals surface area contributed by atoms with Crippen molar-refractivity contribution in [2.24, 2.45) is 0 Å². The summed E-state index contributed by atoms with van der Waals surface area (Å²) in [4.78, 5) is 22.1. The number of likely N-dealkylation sites (N-methyl/N-ethyl adjacent to an activating group) is 1. The first-order valence-corrected chi connectivity index (χ1v) is 11.9. The number of nitrogens with zero attached hydrogens (tertiary/aromatic N) is 3. The number of rotatable bonds is 6. The van der Waals surface area contributed by atoms with E-state index in [1.165, 1.54) is 11.3 Å². The van der Waals surface area contributed by atoms with Crippen LogP contribution in [-0.4, -0.2) is 48.5 Å². The average molecular weight is 475 g/mol. The Balaban J connectivity index is 1.44. The Morgan fingerprint density at radius 1 is 1.06 bits per heavy atom. The number of benzene rings is 2. The molecule has 0 atom stereocenters. The first kappa shape index (κ1) is 22.1. The van der Waals surface area contributed by atoms with E-state index in [1.807, 2.05) is 47.8 Å². The smallest absolute Gasteiger partial charge is 0.230 e. The van der Waals surface area contributed by atoms with Crippen LogP contribution < -0.4 is 10.2 Å². The third kappa shape index (κ3) is 5.57. The molecule has 0 saturated carbocycles. The van der Waals surface area contributed by atoms with Gasteiger partial charge in [-0.3, -0.25) is 4.79 Å². The molecule has 5 nitrogen and oxygen atoms in total. The van der Waals surface area contributed by atoms with Crippen LogP contribution >= 0.6 is 34.5 Å². The number of amides is 1. The standard InChI is InChI=1S/C23H24Cl2N4OS/c1-2-28-9-11-29(12-10-28)21-8-7-18(25)13-20(21)27-22(30)14-19-15-31-23(26-19)16-3-5-17(24)6-4-16/h3-8,13,15H,2,9-12,14H2,1H3,(H,27,30). The van der Waals surface area contributed by atoms with Gasteiger partial charge in [0.1, 0.15) is 5.01 Å². The van der Waals surface area contributed by atoms with E-state index in [-0.39, 0.29) is 12.3 Å². The summed E-state index contributed by atoms with van der Waals surface area (Å²) in [6.45, 7) is 7.12. The lowest BCUT2D eigenvalue weighted by Crippen LogP contribution is -2.46. The molecule has 8 heteroatoms. The fraction of sp³-hybridized carbons (Fsp3) is 0.304. The van der Waals surface area contributed by atoms with Crippen LogP contribution in [0.3, 0.4) is 0 Å². The highest BCUT2D eigenvalue weighted by Gasteiger charge is 2.20. The zero-order chi connectivity index (χ0) is 21.8. The third-order valence-electron chi connectivity index (χ3n) is 5.38. The number of thiazole rings is 1. The van der Waals surface area contributed by atoms with Crippen LogP contribution in [-0.2, 0) is 11.2 Å². The zero-order valence-corrected chi connectivity index (χ0v) is 19.6. The van der Waals surface area contributed by atoms with Gasteiger partial charge in [0.15, 0.2) is 0 Å². The molecule has 4 rings (SSSR count). The molecule has 162 valence electrons. The van der Waals surface area contributed by atoms with E-state index >= 15 is 0 Å². The molecule has 1 fully saturated rings. The summed E-state index contributed by atoms with van der Waals surface area (Å²) in [5.41, 5.74) is 3.49. The molecule has 2 aromatic carbocycles. The van der Waals surface area contributed by atoms with Crippen molar-refractivity contribution < 1.29 is 4.79 Å². The van der Waals surface area contributed by atoms with Crippen LogP contribution in [0.1, 0.15) is 12.6 Å². The van der Waals surface area contributed by atoms with Gasteiger partial charge in [-0.25, -0.2) is 4.98 Å². The molecule has 2 heterocycles. The van der Waals surface area contributed by atoms with Crippen LogP contribution in [0.25, 0.3) is 10.6 Å². The first-order chi connectivity index (χ1) is 15.0. The molecule has 0 unspecified atom stereocenters. The lowest BCUT2D eigenvalue weighted by Gasteiger charge is -2.36. The summed E-state index contributed by atoms with van der Waals surface area (Å²) < 4.78 is 0. The van der Waals surface area contributed by atoms with E-state index in [0.717, 1.165) is 60.4 Å². The number of hydrogen-bond donors (Lipinski definition) is 1. The van der Waals surface area contributed by atoms with Gasteiger partial charge in [-0.05, 0) is 36.9 Å². The van der Waals surface area contributed by atoms with E-state index in [9.17, 15) is 4.79 Å². The van der Waals surface area contributed by atoms with Gasteiger partial charge in [0.2, 0.25) is 5.91 Å². The topological polar surface area (TPSA) is 48.5 Å². The van der Waals surface area contributed by atoms with Crippen molar-refractivity contribution in [1.82, 2.24) is 9.88 Å². The quantitative estimate of drug-likeness (QED) is 0.516. The van der Waals surface area contributed by atoms with Gasteiger partial charge in [0.05, 0.1) is 23.5 Å². The maximum Gasteiger partial charge on any atom is 0.230 e. The number of nitrogens with one attached hydrogen (secondary N) is 1. The van der Waals surface area contributed by atoms with Gasteiger partial charge in [0.25, 0.3) is 0 Å². The van der Waals surface area contributed by atoms with Crippen LogP contribution in [0.5, 0.6) is 0 Å². The summed E-state index contributed by atoms with van der Waals surface area (Å²) in [5, 5.41) is 7.13. The van der Waals surface area contributed by atoms with Gasteiger partial charge in [-0.15, -0.1) is 11.3 Å². The number of anilines is 2. The molecule has 1 amide bonds. The van der Waals surface area contributed by atoms with Crippen molar-refractivity contribution in [1.29, 1.82) is 0 Å². The highest BCUT2D eigenvalue weighted by atomic mass is 35.5. The number of carbonyl (C=O) groups excluding carboxylic acids is 1. The zero-order valence-electron chi connectivity index (χ0n) is 17.3. The Morgan fingerprint density at radius 2 is 1.77 bits per heavy atom. The molecule has 0 bridgehead atoms. The molecule has 1 N–H and O–H groups in total. The fourth-order valence-corrected chi connectivity index (χ4v) is 4.79. The summed E-state index contributed by atoms with van der Waals surface area (Å²) in [6, 6.07) is 13.2. The maximum atomic E-state index is 12.8. The third-order valence-corrected chi connectivity index (χ3v) is 6.80. The van der Waals surface area contributed by atoms with Gasteiger partial charge < -0.3 is 15.1 Å². The van der Waals surface area contributed by atoms with Gasteiger partial charge in [0, 0.05) is 47.2 Å². The largest absolute Gasteiger partial charge is 0.367 e. The Labute approximate surface area is 196 Å². The molecule has 0 radical (unpaired) electrons. The predicted octanol–water partition coefficient (Wildman–Crippen LogP) is 5.44. The van der Waals surface area contributed by atoms with Gasteiger partial charge in [-0.1, -0.05) is 42.3 Å². The molecule has 0 spiro atoms. The molecule has 1 aliphatic heterocycles. The minimum Gasteiger partial charge on any atom is -0.367 e. The highest BCUT2D eigenvalue weighted by molar-refractivity contribution is 7.13. The van der Waals surface area contributed by atoms with Crippen molar-refractivity contribution in [2.45, 2.75) is 13.3 Å². The molecule has 1 aliphatic rings. The van der Waals surface area contributed by atoms with Crippen LogP contribution in [0.15, 0.2) is 47.8 Å². The maximum absolute atomic E-state index is 12.8. The van der Waals surface area contributed by atoms with Crippen molar-refractivity contribution >= 4 is 51.8 Å². The number of hydrogen-bond acceptors (Lipinski definition) is 5. The first-order valence-electron chi connectivity index (χ1n) is 10.3. The number of aromatic nitrogens is 1. The molecular formula is C23H24Cl2N4OS. The normalized spacial score (nSPS) is 14.6. The second kappa shape index (κ2) is 10.0. The SMILES string of the molecule is CCN1CCN(c2ccc(Cl)cc2NC(=O)Cc2csc(-c3ccc(Cl)cc3)n2)CC1. The van der Waals surface area contributed by atoms with Crippen LogP contribution in [0, 0.1) is 0 Å². The van der Waals surface area contributed by atoms with Crippen molar-refractivity contribution in [3.63, 3.8) is 0 Å². The van der Waals surface area contributed by atoms with Crippen LogP contribution in [0.4, 0.5) is 11.4 Å². The van der Waals surface area contributed by atoms with Gasteiger partial charge in [-0.2, -0.15) is 0 Å². The highest BCUT2D eigenvalue weighted by Crippen LogP contribution is 2.31. The van der Waals surface area contributed by atoms with E-state index in [2.05, 4.69) is 27.0 Å². The lowest BCUT2D eigenvalue weighted by atomic mass is 10.2. The Bertz CT molecular complexity index is 1050. The number of piperazine rings is 1. The molecule has 1 saturated heterocycles. The second-order valence-corrected chi connectivity index (χ2v) is 9.19. The van der Waals surface area contributed by atoms with Crippen LogP contribution in [0.2, 0.25) is 10.0 Å². The minimum absolute atomic E-state index is 0.108. The predicted molar refractivity (Wildman–Crippen MR) is 131 cm³/mol. The molecule has 0 aliphatic carbocycles. The minimum atomic E-state index is -0.108. The van der Waals surface area contributed by atoms with E-state index < -0.39 is 0 Å². The van der Waals surface area contributed by atoms with E-state index in [0.29, 0.717) is 10.0 Å². The number of carbonyl (C=O) groups is 1. The Kier molecular flexibility index (Phi) is 7.13. The van der Waals surface area contributed by atoms with Crippen molar-refractivity contribution in [3.8, 4) is 10.6 Å². The Hall–Kier alpha value is -2.12.